The van der Waals surface area contributed by atoms with Gasteiger partial charge in [0.25, 0.3) is 10.2 Å². The minimum atomic E-state index is -4.16. The zero-order chi connectivity index (χ0) is 12.8. The van der Waals surface area contributed by atoms with Crippen molar-refractivity contribution in [2.75, 3.05) is 0 Å². The molecular formula is C9H11N2O5S-. The maximum absolute atomic E-state index is 11.7. The minimum Gasteiger partial charge on any atom is -0.550 e. The highest BCUT2D eigenvalue weighted by atomic mass is 32.2. The van der Waals surface area contributed by atoms with Crippen molar-refractivity contribution in [3.8, 4) is 0 Å². The van der Waals surface area contributed by atoms with Crippen molar-refractivity contribution in [1.82, 2.24) is 4.72 Å². The Morgan fingerprint density at radius 3 is 2.24 bits per heavy atom. The summed E-state index contributed by atoms with van der Waals surface area (Å²) < 4.78 is 23.1. The first-order chi connectivity index (χ1) is 7.79. The summed E-state index contributed by atoms with van der Waals surface area (Å²) in [5.41, 5.74) is 0. The first-order valence-corrected chi connectivity index (χ1v) is 6.58. The number of allylic oxidation sites excluding steroid dienone is 2. The number of carboxylic acid groups (broad SMARTS) is 1. The molecule has 94 valence electrons. The summed E-state index contributed by atoms with van der Waals surface area (Å²) in [6.45, 7) is 0. The third kappa shape index (κ3) is 2.18. The molecule has 1 amide bonds. The van der Waals surface area contributed by atoms with Crippen LogP contribution in [-0.2, 0) is 19.8 Å². The van der Waals surface area contributed by atoms with Crippen molar-refractivity contribution in [1.29, 1.82) is 0 Å². The van der Waals surface area contributed by atoms with Gasteiger partial charge in [0.15, 0.2) is 0 Å². The van der Waals surface area contributed by atoms with Gasteiger partial charge in [-0.15, -0.1) is 0 Å². The van der Waals surface area contributed by atoms with Crippen LogP contribution in [-0.4, -0.2) is 20.3 Å². The number of hydrogen-bond donors (Lipinski definition) is 2. The third-order valence-corrected chi connectivity index (χ3v) is 3.76. The van der Waals surface area contributed by atoms with Crippen molar-refractivity contribution in [3.05, 3.63) is 12.2 Å². The standard InChI is InChI=1S/C9H12N2O5S/c10-17(15,16)11-8(12)6-4-1-2-5(3-4)7(6)9(13)14/h1-2,4-7H,3H2,(H,11,12)(H,13,14)(H2,10,15,16)/p-1/t4-,5+,6+,7-/m0/s1. The molecule has 2 bridgehead atoms. The van der Waals surface area contributed by atoms with Crippen LogP contribution >= 0.6 is 0 Å². The molecule has 0 radical (unpaired) electrons. The molecule has 0 aromatic rings. The van der Waals surface area contributed by atoms with Crippen molar-refractivity contribution in [2.24, 2.45) is 28.8 Å². The zero-order valence-corrected chi connectivity index (χ0v) is 9.51. The van der Waals surface area contributed by atoms with E-state index in [9.17, 15) is 23.1 Å². The van der Waals surface area contributed by atoms with Gasteiger partial charge in [-0.05, 0) is 18.3 Å². The highest BCUT2D eigenvalue weighted by Crippen LogP contribution is 2.47. The third-order valence-electron chi connectivity index (χ3n) is 3.28. The van der Waals surface area contributed by atoms with Crippen molar-refractivity contribution in [3.63, 3.8) is 0 Å². The monoisotopic (exact) mass is 259 g/mol. The Balaban J connectivity index is 2.23. The molecule has 1 saturated carbocycles. The molecule has 2 rings (SSSR count). The molecule has 4 atom stereocenters. The Morgan fingerprint density at radius 2 is 1.76 bits per heavy atom. The number of amides is 1. The van der Waals surface area contributed by atoms with E-state index in [0.29, 0.717) is 6.42 Å². The number of nitrogens with two attached hydrogens (primary N) is 1. The van der Waals surface area contributed by atoms with Crippen LogP contribution in [0.1, 0.15) is 6.42 Å². The molecule has 0 saturated heterocycles. The molecule has 8 heteroatoms. The maximum Gasteiger partial charge on any atom is 0.298 e. The average molecular weight is 259 g/mol. The average Bonchev–Trinajstić information content (AvgIpc) is 2.72. The van der Waals surface area contributed by atoms with Gasteiger partial charge in [0.05, 0.1) is 5.92 Å². The van der Waals surface area contributed by atoms with Crippen LogP contribution in [0.4, 0.5) is 0 Å². The molecule has 0 aromatic heterocycles. The van der Waals surface area contributed by atoms with E-state index in [0.717, 1.165) is 0 Å². The first kappa shape index (κ1) is 12.1. The number of carboxylic acids is 1. The van der Waals surface area contributed by atoms with Gasteiger partial charge in [-0.1, -0.05) is 12.2 Å². The SMILES string of the molecule is NS(=O)(=O)NC(=O)[C@H]1[C@@H](C(=O)[O-])[C@@H]2C=C[C@H]1C2. The predicted octanol–water partition coefficient (Wildman–Crippen LogP) is -2.51. The van der Waals surface area contributed by atoms with E-state index in [1.54, 1.807) is 16.9 Å². The largest absolute Gasteiger partial charge is 0.550 e. The van der Waals surface area contributed by atoms with E-state index in [4.69, 9.17) is 0 Å². The molecule has 0 aromatic carbocycles. The van der Waals surface area contributed by atoms with E-state index < -0.39 is 33.9 Å². The summed E-state index contributed by atoms with van der Waals surface area (Å²) in [5.74, 6) is -4.64. The minimum absolute atomic E-state index is 0.260. The van der Waals surface area contributed by atoms with Crippen LogP contribution in [0.25, 0.3) is 0 Å². The van der Waals surface area contributed by atoms with Crippen molar-refractivity contribution in [2.45, 2.75) is 6.42 Å². The smallest absolute Gasteiger partial charge is 0.298 e. The zero-order valence-electron chi connectivity index (χ0n) is 8.70. The summed E-state index contributed by atoms with van der Waals surface area (Å²) >= 11 is 0. The summed E-state index contributed by atoms with van der Waals surface area (Å²) in [6, 6.07) is 0. The second kappa shape index (κ2) is 3.81. The quantitative estimate of drug-likeness (QED) is 0.541. The lowest BCUT2D eigenvalue weighted by molar-refractivity contribution is -0.313. The number of nitrogens with one attached hydrogen (secondary N) is 1. The number of hydrogen-bond acceptors (Lipinski definition) is 5. The van der Waals surface area contributed by atoms with E-state index in [-0.39, 0.29) is 11.8 Å². The summed E-state index contributed by atoms with van der Waals surface area (Å²) in [6.07, 6.45) is 3.99. The Hall–Kier alpha value is -1.41. The number of carbonyl (C=O) groups is 2. The molecule has 2 aliphatic rings. The van der Waals surface area contributed by atoms with Crippen LogP contribution in [0.2, 0.25) is 0 Å². The summed E-state index contributed by atoms with van der Waals surface area (Å²) in [7, 11) is -4.16. The number of rotatable bonds is 3. The lowest BCUT2D eigenvalue weighted by atomic mass is 9.83. The van der Waals surface area contributed by atoms with Crippen LogP contribution in [0, 0.1) is 23.7 Å². The van der Waals surface area contributed by atoms with Gasteiger partial charge in [0.2, 0.25) is 5.91 Å². The van der Waals surface area contributed by atoms with E-state index >= 15 is 0 Å². The molecule has 17 heavy (non-hydrogen) atoms. The number of aliphatic carboxylic acids is 1. The maximum atomic E-state index is 11.7. The second-order valence-corrected chi connectivity index (χ2v) is 5.62. The van der Waals surface area contributed by atoms with Gasteiger partial charge in [-0.2, -0.15) is 8.42 Å². The van der Waals surface area contributed by atoms with Crippen molar-refractivity contribution < 1.29 is 23.1 Å². The van der Waals surface area contributed by atoms with Crippen molar-refractivity contribution >= 4 is 22.1 Å². The first-order valence-electron chi connectivity index (χ1n) is 5.03. The Kier molecular flexibility index (Phi) is 2.70. The van der Waals surface area contributed by atoms with E-state index in [1.807, 2.05) is 0 Å². The van der Waals surface area contributed by atoms with E-state index in [1.165, 1.54) is 0 Å². The highest BCUT2D eigenvalue weighted by Gasteiger charge is 2.49. The second-order valence-electron chi connectivity index (χ2n) is 4.33. The van der Waals surface area contributed by atoms with Gasteiger partial charge in [0.1, 0.15) is 0 Å². The lowest BCUT2D eigenvalue weighted by Crippen LogP contribution is -2.47. The Morgan fingerprint density at radius 1 is 1.24 bits per heavy atom. The Labute approximate surface area is 97.9 Å². The number of carbonyl (C=O) groups excluding carboxylic acids is 2. The van der Waals surface area contributed by atoms with E-state index in [2.05, 4.69) is 5.14 Å². The summed E-state index contributed by atoms with van der Waals surface area (Å²) in [4.78, 5) is 22.6. The fraction of sp³-hybridized carbons (Fsp3) is 0.556. The van der Waals surface area contributed by atoms with Crippen LogP contribution in [0.5, 0.6) is 0 Å². The van der Waals surface area contributed by atoms with Crippen LogP contribution in [0.15, 0.2) is 12.2 Å². The fourth-order valence-electron chi connectivity index (χ4n) is 2.71. The fourth-order valence-corrected chi connectivity index (χ4v) is 3.13. The summed E-state index contributed by atoms with van der Waals surface area (Å²) in [5, 5.41) is 15.6. The predicted molar refractivity (Wildman–Crippen MR) is 54.0 cm³/mol. The molecule has 0 heterocycles. The number of fused-ring (bicyclic) bond motifs is 2. The molecule has 2 aliphatic carbocycles. The molecular weight excluding hydrogens is 248 g/mol. The molecule has 0 unspecified atom stereocenters. The van der Waals surface area contributed by atoms with Gasteiger partial charge in [0, 0.05) is 11.9 Å². The highest BCUT2D eigenvalue weighted by molar-refractivity contribution is 7.87. The molecule has 7 nitrogen and oxygen atoms in total. The van der Waals surface area contributed by atoms with Gasteiger partial charge >= 0.3 is 0 Å². The Bertz CT molecular complexity index is 498. The topological polar surface area (TPSA) is 129 Å². The molecule has 1 fully saturated rings. The van der Waals surface area contributed by atoms with Crippen LogP contribution < -0.4 is 15.0 Å². The van der Waals surface area contributed by atoms with Crippen LogP contribution in [0.3, 0.4) is 0 Å². The van der Waals surface area contributed by atoms with Gasteiger partial charge < -0.3 is 9.90 Å². The van der Waals surface area contributed by atoms with Gasteiger partial charge in [-0.25, -0.2) is 9.86 Å². The molecule has 3 N–H and O–H groups in total. The molecule has 0 spiro atoms. The normalized spacial score (nSPS) is 34.9. The van der Waals surface area contributed by atoms with Gasteiger partial charge in [-0.3, -0.25) is 4.79 Å². The lowest BCUT2D eigenvalue weighted by Gasteiger charge is -2.27. The molecule has 0 aliphatic heterocycles.